The second kappa shape index (κ2) is 7.18. The van der Waals surface area contributed by atoms with Crippen LogP contribution in [0.5, 0.6) is 5.75 Å². The van der Waals surface area contributed by atoms with Gasteiger partial charge in [0.2, 0.25) is 10.0 Å². The molecule has 0 radical (unpaired) electrons. The monoisotopic (exact) mass is 409 g/mol. The van der Waals surface area contributed by atoms with Crippen LogP contribution in [0, 0.1) is 0 Å². The lowest BCUT2D eigenvalue weighted by Crippen LogP contribution is -2.50. The van der Waals surface area contributed by atoms with Crippen LogP contribution >= 0.6 is 11.6 Å². The van der Waals surface area contributed by atoms with Crippen molar-refractivity contribution in [3.63, 3.8) is 0 Å². The number of nitrogens with two attached hydrogens (primary N) is 1. The van der Waals surface area contributed by atoms with Crippen molar-refractivity contribution < 1.29 is 22.7 Å². The van der Waals surface area contributed by atoms with Gasteiger partial charge in [0.25, 0.3) is 11.8 Å². The van der Waals surface area contributed by atoms with E-state index >= 15 is 0 Å². The van der Waals surface area contributed by atoms with Gasteiger partial charge in [0.05, 0.1) is 17.3 Å². The van der Waals surface area contributed by atoms with E-state index in [-0.39, 0.29) is 27.9 Å². The van der Waals surface area contributed by atoms with Gasteiger partial charge in [-0.05, 0) is 30.3 Å². The van der Waals surface area contributed by atoms with E-state index in [1.54, 1.807) is 24.3 Å². The van der Waals surface area contributed by atoms with Crippen LogP contribution in [0.4, 0.5) is 5.69 Å². The van der Waals surface area contributed by atoms with Gasteiger partial charge in [-0.3, -0.25) is 9.59 Å². The van der Waals surface area contributed by atoms with Crippen molar-refractivity contribution in [3.05, 3.63) is 53.1 Å². The molecule has 3 rings (SSSR count). The molecule has 3 N–H and O–H groups in total. The molecule has 1 aliphatic heterocycles. The first-order chi connectivity index (χ1) is 12.7. The summed E-state index contributed by atoms with van der Waals surface area (Å²) in [5, 5.41) is 7.55. The molecule has 2 amide bonds. The third kappa shape index (κ3) is 3.75. The Morgan fingerprint density at radius 2 is 1.96 bits per heavy atom. The maximum absolute atomic E-state index is 13.1. The topological polar surface area (TPSA) is 119 Å². The number of rotatable bonds is 3. The summed E-state index contributed by atoms with van der Waals surface area (Å²) in [5.41, 5.74) is 0.533. The first-order valence-electron chi connectivity index (χ1n) is 7.84. The Labute approximate surface area is 160 Å². The largest absolute Gasteiger partial charge is 0.477 e. The number of amides is 2. The Kier molecular flexibility index (Phi) is 5.09. The van der Waals surface area contributed by atoms with E-state index in [0.717, 1.165) is 6.07 Å². The van der Waals surface area contributed by atoms with Crippen LogP contribution < -0.4 is 20.1 Å². The number of benzene rings is 2. The Balaban J connectivity index is 2.04. The normalized spacial score (nSPS) is 16.3. The summed E-state index contributed by atoms with van der Waals surface area (Å²) in [5.74, 6) is -0.531. The van der Waals surface area contributed by atoms with E-state index in [4.69, 9.17) is 21.5 Å². The highest BCUT2D eigenvalue weighted by molar-refractivity contribution is 7.89. The molecule has 0 bridgehead atoms. The zero-order valence-electron chi connectivity index (χ0n) is 14.2. The third-order valence-corrected chi connectivity index (χ3v) is 5.43. The zero-order valence-corrected chi connectivity index (χ0v) is 15.8. The number of hydrogen-bond acceptors (Lipinski definition) is 5. The Hall–Kier alpha value is -2.62. The molecule has 8 nitrogen and oxygen atoms in total. The molecule has 1 aliphatic rings. The van der Waals surface area contributed by atoms with Crippen LogP contribution in [0.3, 0.4) is 0 Å². The lowest BCUT2D eigenvalue weighted by Gasteiger charge is -2.34. The first kappa shape index (κ1) is 19.2. The number of halogens is 1. The molecule has 0 saturated heterocycles. The molecule has 142 valence electrons. The minimum Gasteiger partial charge on any atom is -0.477 e. The molecule has 27 heavy (non-hydrogen) atoms. The molecule has 0 spiro atoms. The van der Waals surface area contributed by atoms with Gasteiger partial charge in [0.1, 0.15) is 10.6 Å². The summed E-state index contributed by atoms with van der Waals surface area (Å²) in [4.78, 5) is 26.1. The van der Waals surface area contributed by atoms with E-state index in [9.17, 15) is 18.0 Å². The van der Waals surface area contributed by atoms with Crippen LogP contribution in [-0.2, 0) is 14.8 Å². The fraction of sp³-hybridized carbons (Fsp3) is 0.176. The van der Waals surface area contributed by atoms with E-state index < -0.39 is 22.0 Å². The maximum Gasteiger partial charge on any atom is 0.262 e. The summed E-state index contributed by atoms with van der Waals surface area (Å²) in [7, 11) is -2.63. The summed E-state index contributed by atoms with van der Waals surface area (Å²) in [6, 6.07) is 10.6. The Morgan fingerprint density at radius 3 is 2.63 bits per heavy atom. The van der Waals surface area contributed by atoms with Crippen LogP contribution in [-0.4, -0.2) is 39.9 Å². The third-order valence-electron chi connectivity index (χ3n) is 4.04. The van der Waals surface area contributed by atoms with Crippen LogP contribution in [0.15, 0.2) is 47.4 Å². The lowest BCUT2D eigenvalue weighted by molar-refractivity contribution is -0.127. The van der Waals surface area contributed by atoms with Crippen LogP contribution in [0.25, 0.3) is 0 Å². The number of primary sulfonamides is 1. The number of fused-ring (bicyclic) bond motifs is 1. The zero-order chi connectivity index (χ0) is 19.8. The number of ether oxygens (including phenoxy) is 1. The van der Waals surface area contributed by atoms with Crippen molar-refractivity contribution >= 4 is 39.1 Å². The molecule has 0 saturated carbocycles. The smallest absolute Gasteiger partial charge is 0.262 e. The maximum atomic E-state index is 13.1. The molecular weight excluding hydrogens is 394 g/mol. The number of anilines is 1. The van der Waals surface area contributed by atoms with Crippen LogP contribution in [0.1, 0.15) is 10.4 Å². The van der Waals surface area contributed by atoms with Crippen molar-refractivity contribution in [1.29, 1.82) is 0 Å². The van der Waals surface area contributed by atoms with Gasteiger partial charge < -0.3 is 15.0 Å². The molecule has 1 heterocycles. The van der Waals surface area contributed by atoms with Crippen molar-refractivity contribution in [2.75, 3.05) is 18.5 Å². The van der Waals surface area contributed by atoms with Crippen molar-refractivity contribution in [3.8, 4) is 5.75 Å². The summed E-state index contributed by atoms with van der Waals surface area (Å²) in [6.07, 6.45) is -0.904. The fourth-order valence-electron chi connectivity index (χ4n) is 2.73. The number of para-hydroxylation sites is 2. The number of carbonyl (C=O) groups is 2. The highest BCUT2D eigenvalue weighted by Gasteiger charge is 2.34. The number of nitrogens with one attached hydrogen (secondary N) is 1. The molecule has 0 aliphatic carbocycles. The minimum atomic E-state index is -4.10. The average Bonchev–Trinajstić information content (AvgIpc) is 2.65. The Morgan fingerprint density at radius 1 is 1.26 bits per heavy atom. The second-order valence-electron chi connectivity index (χ2n) is 5.79. The van der Waals surface area contributed by atoms with Crippen LogP contribution in [0.2, 0.25) is 5.02 Å². The van der Waals surface area contributed by atoms with Gasteiger partial charge in [-0.2, -0.15) is 0 Å². The van der Waals surface area contributed by atoms with Gasteiger partial charge in [0, 0.05) is 12.6 Å². The van der Waals surface area contributed by atoms with E-state index in [2.05, 4.69) is 5.32 Å². The van der Waals surface area contributed by atoms with E-state index in [1.807, 2.05) is 0 Å². The minimum absolute atomic E-state index is 0.0388. The van der Waals surface area contributed by atoms with Gasteiger partial charge in [-0.15, -0.1) is 0 Å². The highest BCUT2D eigenvalue weighted by atomic mass is 35.5. The van der Waals surface area contributed by atoms with E-state index in [1.165, 1.54) is 24.1 Å². The number of sulfonamides is 1. The number of hydrogen-bond donors (Lipinski definition) is 2. The molecule has 0 fully saturated rings. The second-order valence-corrected chi connectivity index (χ2v) is 7.73. The van der Waals surface area contributed by atoms with Gasteiger partial charge in [-0.1, -0.05) is 23.7 Å². The highest BCUT2D eigenvalue weighted by Crippen LogP contribution is 2.34. The van der Waals surface area contributed by atoms with Crippen molar-refractivity contribution in [2.45, 2.75) is 11.0 Å². The van der Waals surface area contributed by atoms with Gasteiger partial charge in [0.15, 0.2) is 6.10 Å². The molecule has 1 atom stereocenters. The predicted octanol–water partition coefficient (Wildman–Crippen LogP) is 1.14. The van der Waals surface area contributed by atoms with Crippen molar-refractivity contribution in [1.82, 2.24) is 5.32 Å². The SMILES string of the molecule is CNC(=O)[C@H]1CN(C(=O)c2ccc(Cl)c(S(N)(=O)=O)c2)c2ccccc2O1. The molecule has 0 aromatic heterocycles. The fourth-order valence-corrected chi connectivity index (χ4v) is 3.81. The first-order valence-corrected chi connectivity index (χ1v) is 9.76. The van der Waals surface area contributed by atoms with Gasteiger partial charge >= 0.3 is 0 Å². The molecule has 0 unspecified atom stereocenters. The number of likely N-dealkylation sites (N-methyl/N-ethyl adjacent to an activating group) is 1. The Bertz CT molecular complexity index is 1020. The van der Waals surface area contributed by atoms with E-state index in [0.29, 0.717) is 11.4 Å². The molecular formula is C17H16ClN3O5S. The molecule has 2 aromatic rings. The quantitative estimate of drug-likeness (QED) is 0.787. The summed E-state index contributed by atoms with van der Waals surface area (Å²) < 4.78 is 29.0. The number of carbonyl (C=O) groups excluding carboxylic acids is 2. The molecule has 2 aromatic carbocycles. The molecule has 10 heteroatoms. The average molecular weight is 410 g/mol. The number of nitrogens with zero attached hydrogens (tertiary/aromatic N) is 1. The standard InChI is InChI=1S/C17H16ClN3O5S/c1-20-16(22)14-9-21(12-4-2-3-5-13(12)26-14)17(23)10-6-7-11(18)15(8-10)27(19,24)25/h2-8,14H,9H2,1H3,(H,20,22)(H2,19,24,25)/t14-/m1/s1. The lowest BCUT2D eigenvalue weighted by atomic mass is 10.1. The predicted molar refractivity (Wildman–Crippen MR) is 99.4 cm³/mol. The summed E-state index contributed by atoms with van der Waals surface area (Å²) in [6.45, 7) is -0.0388. The van der Waals surface area contributed by atoms with Crippen molar-refractivity contribution in [2.24, 2.45) is 5.14 Å². The van der Waals surface area contributed by atoms with Gasteiger partial charge in [-0.25, -0.2) is 13.6 Å². The summed E-state index contributed by atoms with van der Waals surface area (Å²) >= 11 is 5.88.